The zero-order valence-electron chi connectivity index (χ0n) is 35.9. The molecule has 0 saturated carbocycles. The Bertz CT molecular complexity index is 4270. The minimum Gasteiger partial charge on any atom is -0.309 e. The zero-order chi connectivity index (χ0) is 43.3. The van der Waals surface area contributed by atoms with Gasteiger partial charge in [0, 0.05) is 54.6 Å². The molecule has 0 saturated heterocycles. The maximum Gasteiger partial charge on any atom is 0.0794 e. The molecule has 66 heavy (non-hydrogen) atoms. The van der Waals surface area contributed by atoms with E-state index in [1.165, 1.54) is 104 Å². The van der Waals surface area contributed by atoms with Crippen LogP contribution in [0.4, 0.5) is 0 Å². The number of pyridine rings is 1. The van der Waals surface area contributed by atoms with Gasteiger partial charge in [-0.2, -0.15) is 0 Å². The van der Waals surface area contributed by atoms with Crippen molar-refractivity contribution in [2.45, 2.75) is 0 Å². The topological polar surface area (TPSA) is 22.8 Å². The highest BCUT2D eigenvalue weighted by Crippen LogP contribution is 2.44. The van der Waals surface area contributed by atoms with Gasteiger partial charge in [-0.05, 0) is 98.4 Å². The van der Waals surface area contributed by atoms with Crippen molar-refractivity contribution in [1.29, 1.82) is 0 Å². The molecule has 0 fully saturated rings. The number of benzene rings is 11. The summed E-state index contributed by atoms with van der Waals surface area (Å²) in [6.07, 6.45) is 0. The van der Waals surface area contributed by atoms with E-state index in [0.717, 1.165) is 28.1 Å². The summed E-state index contributed by atoms with van der Waals surface area (Å²) in [4.78, 5) is 5.44. The molecule has 0 unspecified atom stereocenters. The van der Waals surface area contributed by atoms with Crippen molar-refractivity contribution in [1.82, 2.24) is 14.1 Å². The predicted octanol–water partition coefficient (Wildman–Crippen LogP) is 16.9. The summed E-state index contributed by atoms with van der Waals surface area (Å²) in [7, 11) is 0. The fraction of sp³-hybridized carbons (Fsp3) is 0. The van der Waals surface area contributed by atoms with Crippen LogP contribution < -0.4 is 0 Å². The summed E-state index contributed by atoms with van der Waals surface area (Å²) in [5, 5.41) is 13.5. The van der Waals surface area contributed by atoms with E-state index in [-0.39, 0.29) is 0 Å². The number of nitrogens with zero attached hydrogens (tertiary/aromatic N) is 3. The second-order valence-corrected chi connectivity index (χ2v) is 17.5. The first-order valence-electron chi connectivity index (χ1n) is 22.7. The molecular formula is C63H39N3. The average molecular weight is 838 g/mol. The lowest BCUT2D eigenvalue weighted by Crippen LogP contribution is -1.96. The molecule has 3 heteroatoms. The Morgan fingerprint density at radius 2 is 0.697 bits per heavy atom. The van der Waals surface area contributed by atoms with Gasteiger partial charge >= 0.3 is 0 Å². The van der Waals surface area contributed by atoms with Crippen LogP contribution in [0.25, 0.3) is 132 Å². The van der Waals surface area contributed by atoms with Gasteiger partial charge in [0.15, 0.2) is 0 Å². The van der Waals surface area contributed by atoms with Crippen LogP contribution in [0.15, 0.2) is 237 Å². The molecule has 0 atom stereocenters. The fourth-order valence-corrected chi connectivity index (χ4v) is 10.9. The Morgan fingerprint density at radius 3 is 1.33 bits per heavy atom. The Morgan fingerprint density at radius 1 is 0.242 bits per heavy atom. The highest BCUT2D eigenvalue weighted by atomic mass is 15.0. The Balaban J connectivity index is 0.937. The zero-order valence-corrected chi connectivity index (χ0v) is 35.9. The highest BCUT2D eigenvalue weighted by Gasteiger charge is 2.20. The Hall–Kier alpha value is -8.79. The van der Waals surface area contributed by atoms with Crippen molar-refractivity contribution in [3.63, 3.8) is 0 Å². The molecule has 11 aromatic carbocycles. The van der Waals surface area contributed by atoms with Gasteiger partial charge in [-0.3, -0.25) is 0 Å². The van der Waals surface area contributed by atoms with Gasteiger partial charge in [0.25, 0.3) is 0 Å². The van der Waals surface area contributed by atoms with Crippen molar-refractivity contribution in [2.24, 2.45) is 0 Å². The first-order valence-corrected chi connectivity index (χ1v) is 22.7. The standard InChI is InChI=1S/C63H39N3/c1-2-15-40(16-3-1)42-17-14-18-46(37-42)66-58-28-13-10-22-50(58)52-36-32-44(39-60(52)66)43-31-35-51-49-21-9-12-27-57(49)65(59(51)38-43)45-33-29-41(30-34-45)63-62-54-24-7-5-20-48(54)47-19-4-6-23-53(47)61(62)55-25-8-11-26-56(55)64-63/h1-39H. The summed E-state index contributed by atoms with van der Waals surface area (Å²) in [5.74, 6) is 0. The summed E-state index contributed by atoms with van der Waals surface area (Å²) < 4.78 is 4.86. The van der Waals surface area contributed by atoms with Crippen LogP contribution in [0.5, 0.6) is 0 Å². The van der Waals surface area contributed by atoms with E-state index in [0.29, 0.717) is 0 Å². The van der Waals surface area contributed by atoms with Crippen molar-refractivity contribution in [3.8, 4) is 44.9 Å². The first kappa shape index (κ1) is 36.7. The molecule has 0 aliphatic heterocycles. The molecule has 3 heterocycles. The molecule has 0 spiro atoms. The predicted molar refractivity (Wildman–Crippen MR) is 279 cm³/mol. The maximum absolute atomic E-state index is 5.44. The minimum absolute atomic E-state index is 0.999. The normalized spacial score (nSPS) is 11.9. The molecular weight excluding hydrogens is 799 g/mol. The van der Waals surface area contributed by atoms with E-state index in [1.54, 1.807) is 0 Å². The third-order valence-electron chi connectivity index (χ3n) is 13.9. The van der Waals surface area contributed by atoms with E-state index in [4.69, 9.17) is 4.98 Å². The van der Waals surface area contributed by atoms with E-state index in [1.807, 2.05) is 0 Å². The largest absolute Gasteiger partial charge is 0.309 e. The van der Waals surface area contributed by atoms with Gasteiger partial charge in [0.05, 0.1) is 33.3 Å². The molecule has 0 radical (unpaired) electrons. The number of para-hydroxylation sites is 3. The lowest BCUT2D eigenvalue weighted by molar-refractivity contribution is 1.18. The molecule has 3 nitrogen and oxygen atoms in total. The first-order chi connectivity index (χ1) is 32.7. The summed E-state index contributed by atoms with van der Waals surface area (Å²) in [5.41, 5.74) is 14.8. The van der Waals surface area contributed by atoms with Crippen molar-refractivity contribution in [2.75, 3.05) is 0 Å². The molecule has 14 aromatic rings. The monoisotopic (exact) mass is 837 g/mol. The molecule has 14 rings (SSSR count). The molecule has 0 bridgehead atoms. The van der Waals surface area contributed by atoms with Gasteiger partial charge in [-0.15, -0.1) is 0 Å². The Kier molecular flexibility index (Phi) is 7.98. The quantitative estimate of drug-likeness (QED) is 0.158. The van der Waals surface area contributed by atoms with E-state index in [2.05, 4.69) is 246 Å². The summed E-state index contributed by atoms with van der Waals surface area (Å²) in [6.45, 7) is 0. The maximum atomic E-state index is 5.44. The third-order valence-corrected chi connectivity index (χ3v) is 13.9. The van der Waals surface area contributed by atoms with Gasteiger partial charge in [0.1, 0.15) is 0 Å². The van der Waals surface area contributed by atoms with Crippen LogP contribution in [-0.4, -0.2) is 14.1 Å². The van der Waals surface area contributed by atoms with Crippen LogP contribution in [0.2, 0.25) is 0 Å². The summed E-state index contributed by atoms with van der Waals surface area (Å²) >= 11 is 0. The number of hydrogen-bond acceptors (Lipinski definition) is 1. The number of hydrogen-bond donors (Lipinski definition) is 0. The number of fused-ring (bicyclic) bond motifs is 14. The molecule has 0 amide bonds. The lowest BCUT2D eigenvalue weighted by atomic mass is 9.90. The van der Waals surface area contributed by atoms with Gasteiger partial charge in [-0.25, -0.2) is 4.98 Å². The van der Waals surface area contributed by atoms with Gasteiger partial charge in [-0.1, -0.05) is 182 Å². The minimum atomic E-state index is 0.999. The van der Waals surface area contributed by atoms with Crippen LogP contribution >= 0.6 is 0 Å². The van der Waals surface area contributed by atoms with Crippen LogP contribution in [0.1, 0.15) is 0 Å². The van der Waals surface area contributed by atoms with E-state index < -0.39 is 0 Å². The van der Waals surface area contributed by atoms with Crippen molar-refractivity contribution < 1.29 is 0 Å². The molecule has 0 aliphatic carbocycles. The van der Waals surface area contributed by atoms with E-state index in [9.17, 15) is 0 Å². The third kappa shape index (κ3) is 5.47. The lowest BCUT2D eigenvalue weighted by Gasteiger charge is -2.16. The Labute approximate surface area is 380 Å². The van der Waals surface area contributed by atoms with Crippen LogP contribution in [0, 0.1) is 0 Å². The average Bonchev–Trinajstić information content (AvgIpc) is 3.91. The second-order valence-electron chi connectivity index (χ2n) is 17.5. The van der Waals surface area contributed by atoms with Crippen LogP contribution in [-0.2, 0) is 0 Å². The molecule has 0 aliphatic rings. The van der Waals surface area contributed by atoms with Crippen LogP contribution in [0.3, 0.4) is 0 Å². The van der Waals surface area contributed by atoms with Gasteiger partial charge < -0.3 is 9.13 Å². The summed E-state index contributed by atoms with van der Waals surface area (Å²) in [6, 6.07) is 86.3. The molecule has 3 aromatic heterocycles. The van der Waals surface area contributed by atoms with Crippen molar-refractivity contribution in [3.05, 3.63) is 237 Å². The van der Waals surface area contributed by atoms with E-state index >= 15 is 0 Å². The van der Waals surface area contributed by atoms with Gasteiger partial charge in [0.2, 0.25) is 0 Å². The van der Waals surface area contributed by atoms with Crippen molar-refractivity contribution >= 4 is 86.8 Å². The molecule has 0 N–H and O–H groups in total. The SMILES string of the molecule is c1ccc(-c2cccc(-n3c4ccccc4c4ccc(-c5ccc6c7ccccc7n(-c7ccc(-c8nc9ccccc9c9c%10ccccc%10c%10ccccc%10c89)cc7)c6c5)cc43)c2)cc1. The molecule has 306 valence electrons. The fourth-order valence-electron chi connectivity index (χ4n) is 10.9. The smallest absolute Gasteiger partial charge is 0.0794 e. The highest BCUT2D eigenvalue weighted by molar-refractivity contribution is 6.33. The number of aromatic nitrogens is 3. The number of rotatable bonds is 5. The second kappa shape index (κ2) is 14.4.